The van der Waals surface area contributed by atoms with Gasteiger partial charge in [0.2, 0.25) is 5.91 Å². The molecule has 8 heteroatoms. The minimum absolute atomic E-state index is 0.00457. The lowest BCUT2D eigenvalue weighted by molar-refractivity contribution is -0.116. The summed E-state index contributed by atoms with van der Waals surface area (Å²) in [6.45, 7) is 3.79. The second-order valence-corrected chi connectivity index (χ2v) is 10.2. The van der Waals surface area contributed by atoms with E-state index in [2.05, 4.69) is 15.2 Å². The first-order chi connectivity index (χ1) is 19.2. The smallest absolute Gasteiger partial charge is 0.275 e. The topological polar surface area (TPSA) is 83.4 Å². The predicted octanol–water partition coefficient (Wildman–Crippen LogP) is 4.06. The molecule has 0 spiro atoms. The molecule has 39 heavy (non-hydrogen) atoms. The summed E-state index contributed by atoms with van der Waals surface area (Å²) in [6.07, 6.45) is 10.6. The molecule has 2 aromatic carbocycles. The van der Waals surface area contributed by atoms with Crippen LogP contribution in [0.2, 0.25) is 0 Å². The fraction of sp³-hybridized carbons (Fsp3) is 0.290. The number of fused-ring (bicyclic) bond motifs is 1. The maximum atomic E-state index is 13.5. The normalized spacial score (nSPS) is 16.5. The Bertz CT molecular complexity index is 1480. The lowest BCUT2D eigenvalue weighted by atomic mass is 9.91. The number of amides is 2. The van der Waals surface area contributed by atoms with Crippen molar-refractivity contribution in [3.05, 3.63) is 96.0 Å². The van der Waals surface area contributed by atoms with Gasteiger partial charge in [0.15, 0.2) is 5.69 Å². The number of hydrogen-bond acceptors (Lipinski definition) is 5. The van der Waals surface area contributed by atoms with Crippen LogP contribution in [0.15, 0.2) is 79.1 Å². The number of benzene rings is 2. The van der Waals surface area contributed by atoms with Gasteiger partial charge in [0.25, 0.3) is 5.91 Å². The fourth-order valence-corrected chi connectivity index (χ4v) is 5.26. The number of rotatable bonds is 7. The number of nitrogens with zero attached hydrogens (tertiary/aromatic N) is 5. The van der Waals surface area contributed by atoms with Crippen LogP contribution in [0.4, 0.5) is 0 Å². The highest BCUT2D eigenvalue weighted by Gasteiger charge is 2.31. The Morgan fingerprint density at radius 1 is 0.949 bits per heavy atom. The van der Waals surface area contributed by atoms with E-state index in [-0.39, 0.29) is 11.8 Å². The number of carbonyl (C=O) groups excluding carboxylic acids is 2. The molecule has 1 aliphatic carbocycles. The molecule has 0 unspecified atom stereocenters. The number of para-hydroxylation sites is 1. The second-order valence-electron chi connectivity index (χ2n) is 10.2. The molecule has 2 fully saturated rings. The highest BCUT2D eigenvalue weighted by Crippen LogP contribution is 2.27. The molecule has 0 radical (unpaired) electrons. The zero-order chi connectivity index (χ0) is 26.6. The molecule has 2 aliphatic rings. The van der Waals surface area contributed by atoms with E-state index >= 15 is 0 Å². The maximum Gasteiger partial charge on any atom is 0.275 e. The maximum absolute atomic E-state index is 13.5. The zero-order valence-electron chi connectivity index (χ0n) is 21.9. The van der Waals surface area contributed by atoms with Crippen molar-refractivity contribution in [2.75, 3.05) is 26.2 Å². The highest BCUT2D eigenvalue weighted by molar-refractivity contribution is 6.05. The Hall–Kier alpha value is -4.30. The zero-order valence-corrected chi connectivity index (χ0v) is 21.9. The number of nitrogens with one attached hydrogen (secondary N) is 1. The summed E-state index contributed by atoms with van der Waals surface area (Å²) >= 11 is 0. The van der Waals surface area contributed by atoms with Gasteiger partial charge in [-0.15, -0.1) is 0 Å². The summed E-state index contributed by atoms with van der Waals surface area (Å²) in [5, 5.41) is 8.52. The van der Waals surface area contributed by atoms with Crippen molar-refractivity contribution in [3.8, 4) is 5.69 Å². The Kier molecular flexibility index (Phi) is 7.19. The molecule has 1 saturated carbocycles. The average Bonchev–Trinajstić information content (AvgIpc) is 3.35. The molecular weight excluding hydrogens is 488 g/mol. The molecule has 198 valence electrons. The number of aromatic nitrogens is 3. The highest BCUT2D eigenvalue weighted by atomic mass is 16.2. The molecule has 2 aromatic heterocycles. The standard InChI is InChI=1S/C31H32N6O2/c38-29(33-22-24-5-4-16-32-21-24)15-12-23-10-13-26(14-11-23)37-28-9-2-1-8-27(28)30(34-37)31(39)36-19-17-35(18-20-36)25-6-3-7-25/h1-2,4-5,8-16,21,25H,3,6-7,17-20,22H2,(H,33,38). The number of piperazine rings is 1. The van der Waals surface area contributed by atoms with Gasteiger partial charge in [0.1, 0.15) is 0 Å². The van der Waals surface area contributed by atoms with E-state index in [1.807, 2.05) is 70.2 Å². The van der Waals surface area contributed by atoms with Gasteiger partial charge >= 0.3 is 0 Å². The molecule has 0 atom stereocenters. The first-order valence-electron chi connectivity index (χ1n) is 13.6. The van der Waals surface area contributed by atoms with Crippen LogP contribution in [-0.4, -0.2) is 68.6 Å². The van der Waals surface area contributed by atoms with Crippen LogP contribution < -0.4 is 5.32 Å². The van der Waals surface area contributed by atoms with Crippen LogP contribution in [0.5, 0.6) is 0 Å². The van der Waals surface area contributed by atoms with E-state index in [4.69, 9.17) is 5.10 Å². The first kappa shape index (κ1) is 25.0. The lowest BCUT2D eigenvalue weighted by Crippen LogP contribution is -2.53. The lowest BCUT2D eigenvalue weighted by Gasteiger charge is -2.42. The fourth-order valence-electron chi connectivity index (χ4n) is 5.26. The van der Waals surface area contributed by atoms with Gasteiger partial charge in [-0.25, -0.2) is 4.68 Å². The van der Waals surface area contributed by atoms with Crippen LogP contribution in [0.1, 0.15) is 40.9 Å². The van der Waals surface area contributed by atoms with Gasteiger partial charge in [-0.05, 0) is 54.3 Å². The van der Waals surface area contributed by atoms with Gasteiger partial charge in [-0.1, -0.05) is 42.8 Å². The van der Waals surface area contributed by atoms with Crippen molar-refractivity contribution < 1.29 is 9.59 Å². The van der Waals surface area contributed by atoms with E-state index in [0.29, 0.717) is 18.3 Å². The summed E-state index contributed by atoms with van der Waals surface area (Å²) in [5.74, 6) is -0.173. The van der Waals surface area contributed by atoms with Crippen LogP contribution in [-0.2, 0) is 11.3 Å². The average molecular weight is 521 g/mol. The van der Waals surface area contributed by atoms with Gasteiger partial charge in [0.05, 0.1) is 11.2 Å². The van der Waals surface area contributed by atoms with Crippen molar-refractivity contribution >= 4 is 28.8 Å². The molecule has 1 saturated heterocycles. The molecule has 1 aliphatic heterocycles. The van der Waals surface area contributed by atoms with E-state index < -0.39 is 0 Å². The molecule has 0 bridgehead atoms. The number of pyridine rings is 1. The van der Waals surface area contributed by atoms with Gasteiger partial charge < -0.3 is 10.2 Å². The number of hydrogen-bond donors (Lipinski definition) is 1. The van der Waals surface area contributed by atoms with E-state index in [1.54, 1.807) is 18.5 Å². The Morgan fingerprint density at radius 3 is 2.46 bits per heavy atom. The second kappa shape index (κ2) is 11.2. The van der Waals surface area contributed by atoms with Crippen molar-refractivity contribution in [1.29, 1.82) is 0 Å². The molecule has 2 amide bonds. The van der Waals surface area contributed by atoms with E-state index in [0.717, 1.165) is 53.9 Å². The third kappa shape index (κ3) is 5.47. The molecule has 8 nitrogen and oxygen atoms in total. The predicted molar refractivity (Wildman–Crippen MR) is 151 cm³/mol. The van der Waals surface area contributed by atoms with Crippen LogP contribution in [0.3, 0.4) is 0 Å². The first-order valence-corrected chi connectivity index (χ1v) is 13.6. The molecule has 3 heterocycles. The summed E-state index contributed by atoms with van der Waals surface area (Å²) < 4.78 is 1.83. The van der Waals surface area contributed by atoms with Crippen molar-refractivity contribution in [3.63, 3.8) is 0 Å². The van der Waals surface area contributed by atoms with Crippen molar-refractivity contribution in [1.82, 2.24) is 29.9 Å². The SMILES string of the molecule is O=C(C=Cc1ccc(-n2nc(C(=O)N3CCN(C4CCC4)CC3)c3ccccc32)cc1)NCc1cccnc1. The Labute approximate surface area is 227 Å². The van der Waals surface area contributed by atoms with Crippen LogP contribution in [0.25, 0.3) is 22.7 Å². The number of carbonyl (C=O) groups is 2. The van der Waals surface area contributed by atoms with Crippen LogP contribution >= 0.6 is 0 Å². The summed E-state index contributed by atoms with van der Waals surface area (Å²) in [7, 11) is 0. The Morgan fingerprint density at radius 2 is 1.74 bits per heavy atom. The van der Waals surface area contributed by atoms with Crippen LogP contribution in [0, 0.1) is 0 Å². The molecular formula is C31H32N6O2. The summed E-state index contributed by atoms with van der Waals surface area (Å²) in [4.78, 5) is 34.3. The molecule has 6 rings (SSSR count). The van der Waals surface area contributed by atoms with Gasteiger partial charge in [0, 0.05) is 62.6 Å². The summed E-state index contributed by atoms with van der Waals surface area (Å²) in [6, 6.07) is 20.2. The van der Waals surface area contributed by atoms with Gasteiger partial charge in [-0.3, -0.25) is 19.5 Å². The van der Waals surface area contributed by atoms with Crippen molar-refractivity contribution in [2.24, 2.45) is 0 Å². The quantitative estimate of drug-likeness (QED) is 0.372. The van der Waals surface area contributed by atoms with E-state index in [9.17, 15) is 9.59 Å². The minimum Gasteiger partial charge on any atom is -0.348 e. The van der Waals surface area contributed by atoms with Gasteiger partial charge in [-0.2, -0.15) is 5.10 Å². The van der Waals surface area contributed by atoms with Crippen molar-refractivity contribution in [2.45, 2.75) is 31.8 Å². The molecule has 1 N–H and O–H groups in total. The summed E-state index contributed by atoms with van der Waals surface area (Å²) in [5.41, 5.74) is 4.10. The monoisotopic (exact) mass is 520 g/mol. The largest absolute Gasteiger partial charge is 0.348 e. The van der Waals surface area contributed by atoms with E-state index in [1.165, 1.54) is 25.3 Å². The third-order valence-corrected chi connectivity index (χ3v) is 7.74. The minimum atomic E-state index is -0.169. The third-order valence-electron chi connectivity index (χ3n) is 7.74. The molecule has 4 aromatic rings. The Balaban J connectivity index is 1.15.